The minimum atomic E-state index is -2.53. The summed E-state index contributed by atoms with van der Waals surface area (Å²) in [4.78, 5) is 10.4. The number of halogens is 2. The zero-order valence-corrected chi connectivity index (χ0v) is 10.0. The fourth-order valence-electron chi connectivity index (χ4n) is 1.20. The van der Waals surface area contributed by atoms with Crippen LogP contribution in [-0.4, -0.2) is 54.5 Å². The van der Waals surface area contributed by atoms with E-state index >= 15 is 0 Å². The predicted molar refractivity (Wildman–Crippen MR) is 60.3 cm³/mol. The van der Waals surface area contributed by atoms with Crippen LogP contribution in [0.3, 0.4) is 0 Å². The van der Waals surface area contributed by atoms with Gasteiger partial charge in [0.25, 0.3) is 6.43 Å². The van der Waals surface area contributed by atoms with Gasteiger partial charge >= 0.3 is 0 Å². The number of carbonyl (C=O) groups is 1. The molecule has 0 saturated heterocycles. The number of hydrogen-bond acceptors (Lipinski definition) is 5. The summed E-state index contributed by atoms with van der Waals surface area (Å²) in [5, 5.41) is 8.35. The molecule has 94 valence electrons. The normalized spacial score (nSPS) is 19.2. The first kappa shape index (κ1) is 15.3. The van der Waals surface area contributed by atoms with Gasteiger partial charge in [-0.3, -0.25) is 0 Å². The van der Waals surface area contributed by atoms with Crippen LogP contribution < -0.4 is 5.43 Å². The van der Waals surface area contributed by atoms with E-state index in [0.29, 0.717) is 12.8 Å². The Hall–Kier alpha value is -0.660. The molecule has 7 heteroatoms. The quantitative estimate of drug-likeness (QED) is 0.700. The Labute approximate surface area is 97.7 Å². The van der Waals surface area contributed by atoms with Crippen molar-refractivity contribution in [2.24, 2.45) is 0 Å². The van der Waals surface area contributed by atoms with Crippen molar-refractivity contribution in [3.8, 4) is 0 Å². The minimum Gasteiger partial charge on any atom is -0.400 e. The Kier molecular flexibility index (Phi) is 8.14. The highest BCUT2D eigenvalue weighted by molar-refractivity contribution is 7.98. The molecular weight excluding hydrogens is 238 g/mol. The average molecular weight is 254 g/mol. The van der Waals surface area contributed by atoms with Gasteiger partial charge in [0.05, 0.1) is 5.70 Å². The summed E-state index contributed by atoms with van der Waals surface area (Å²) < 4.78 is 24.9. The van der Waals surface area contributed by atoms with Gasteiger partial charge < -0.3 is 14.9 Å². The van der Waals surface area contributed by atoms with Crippen molar-refractivity contribution >= 4 is 18.0 Å². The number of nitrogens with one attached hydrogen (secondary N) is 1. The summed E-state index contributed by atoms with van der Waals surface area (Å²) in [6.07, 6.45) is 1.24. The summed E-state index contributed by atoms with van der Waals surface area (Å²) >= 11 is 1.57. The number of aliphatic hydroxyl groups excluding tert-OH is 1. The van der Waals surface area contributed by atoms with E-state index in [0.717, 1.165) is 12.9 Å². The maximum atomic E-state index is 12.5. The van der Waals surface area contributed by atoms with E-state index in [4.69, 9.17) is 5.11 Å². The number of hydrogen-bond donors (Lipinski definition) is 2. The Balaban J connectivity index is 0.00000106. The molecule has 1 unspecified atom stereocenters. The zero-order valence-electron chi connectivity index (χ0n) is 9.19. The van der Waals surface area contributed by atoms with Crippen molar-refractivity contribution in [1.82, 2.24) is 10.4 Å². The summed E-state index contributed by atoms with van der Waals surface area (Å²) in [7, 11) is 1.00. The summed E-state index contributed by atoms with van der Waals surface area (Å²) in [5.74, 6) is 0.739. The number of thioether (sulfide) groups is 1. The van der Waals surface area contributed by atoms with Crippen LogP contribution in [0.15, 0.2) is 11.8 Å². The highest BCUT2D eigenvalue weighted by Crippen LogP contribution is 2.18. The predicted octanol–water partition coefficient (Wildman–Crippen LogP) is 0.495. The van der Waals surface area contributed by atoms with Crippen molar-refractivity contribution in [2.75, 3.05) is 25.7 Å². The van der Waals surface area contributed by atoms with E-state index < -0.39 is 12.5 Å². The highest BCUT2D eigenvalue weighted by atomic mass is 32.2. The van der Waals surface area contributed by atoms with Gasteiger partial charge in [-0.25, -0.2) is 14.2 Å². The van der Waals surface area contributed by atoms with Crippen LogP contribution in [0.2, 0.25) is 0 Å². The van der Waals surface area contributed by atoms with Crippen LogP contribution in [0.1, 0.15) is 0 Å². The van der Waals surface area contributed by atoms with E-state index in [1.54, 1.807) is 11.8 Å². The van der Waals surface area contributed by atoms with Crippen LogP contribution in [-0.2, 0) is 4.79 Å². The van der Waals surface area contributed by atoms with Crippen molar-refractivity contribution in [2.45, 2.75) is 12.5 Å². The smallest absolute Gasteiger partial charge is 0.279 e. The van der Waals surface area contributed by atoms with Crippen LogP contribution in [0, 0.1) is 0 Å². The van der Waals surface area contributed by atoms with Crippen LogP contribution in [0.4, 0.5) is 8.78 Å². The lowest BCUT2D eigenvalue weighted by Crippen LogP contribution is -2.40. The average Bonchev–Trinajstić information content (AvgIpc) is 2.72. The van der Waals surface area contributed by atoms with Crippen LogP contribution in [0.25, 0.3) is 0 Å². The molecular formula is C9H16F2N2O2S. The third-order valence-corrected chi connectivity index (χ3v) is 2.45. The molecule has 1 aliphatic heterocycles. The first-order valence-electron chi connectivity index (χ1n) is 4.61. The number of aliphatic hydroxyl groups is 1. The van der Waals surface area contributed by atoms with Crippen molar-refractivity contribution in [1.29, 1.82) is 0 Å². The highest BCUT2D eigenvalue weighted by Gasteiger charge is 2.27. The van der Waals surface area contributed by atoms with E-state index in [9.17, 15) is 13.6 Å². The lowest BCUT2D eigenvalue weighted by molar-refractivity contribution is -0.109. The largest absolute Gasteiger partial charge is 0.400 e. The number of allylic oxidation sites excluding steroid dienone is 1. The van der Waals surface area contributed by atoms with E-state index in [2.05, 4.69) is 5.43 Å². The molecule has 4 nitrogen and oxygen atoms in total. The van der Waals surface area contributed by atoms with Gasteiger partial charge in [0.1, 0.15) is 12.3 Å². The molecule has 0 saturated carbocycles. The van der Waals surface area contributed by atoms with Crippen LogP contribution in [0.5, 0.6) is 0 Å². The van der Waals surface area contributed by atoms with E-state index in [1.807, 2.05) is 6.26 Å². The molecule has 1 heterocycles. The molecule has 0 aliphatic carbocycles. The molecule has 1 rings (SSSR count). The molecule has 1 aliphatic rings. The first-order chi connectivity index (χ1) is 7.69. The number of alkyl halides is 2. The Morgan fingerprint density at radius 2 is 2.31 bits per heavy atom. The molecule has 2 N–H and O–H groups in total. The number of rotatable bonds is 5. The number of aldehydes is 1. The van der Waals surface area contributed by atoms with Crippen molar-refractivity contribution < 1.29 is 18.7 Å². The first-order valence-corrected chi connectivity index (χ1v) is 6.01. The zero-order chi connectivity index (χ0) is 12.6. The third kappa shape index (κ3) is 4.46. The molecule has 16 heavy (non-hydrogen) atoms. The lowest BCUT2D eigenvalue weighted by atomic mass is 10.3. The second-order valence-corrected chi connectivity index (χ2v) is 3.81. The molecule has 1 atom stereocenters. The maximum Gasteiger partial charge on any atom is 0.279 e. The molecule has 0 aromatic rings. The summed E-state index contributed by atoms with van der Waals surface area (Å²) in [6, 6.07) is -0.610. The minimum absolute atomic E-state index is 0.101. The molecule has 0 spiro atoms. The fourth-order valence-corrected chi connectivity index (χ4v) is 1.57. The van der Waals surface area contributed by atoms with Gasteiger partial charge in [-0.15, -0.1) is 0 Å². The number of nitrogens with zero attached hydrogens (tertiary/aromatic N) is 1. The molecule has 0 fully saturated rings. The lowest BCUT2D eigenvalue weighted by Gasteiger charge is -2.22. The van der Waals surface area contributed by atoms with Gasteiger partial charge in [-0.05, 0) is 12.3 Å². The monoisotopic (exact) mass is 254 g/mol. The van der Waals surface area contributed by atoms with E-state index in [-0.39, 0.29) is 5.70 Å². The summed E-state index contributed by atoms with van der Waals surface area (Å²) in [6.45, 7) is 0.474. The molecule has 0 amide bonds. The fraction of sp³-hybridized carbons (Fsp3) is 0.667. The van der Waals surface area contributed by atoms with E-state index in [1.165, 1.54) is 11.1 Å². The van der Waals surface area contributed by atoms with Crippen LogP contribution >= 0.6 is 11.8 Å². The SMILES string of the molecule is CO.CSCCN1NC(C=O)C=C1C(F)F. The topological polar surface area (TPSA) is 52.6 Å². The number of carbonyl (C=O) groups excluding carboxylic acids is 1. The Morgan fingerprint density at radius 3 is 2.75 bits per heavy atom. The molecule has 0 aromatic carbocycles. The summed E-state index contributed by atoms with van der Waals surface area (Å²) in [5.41, 5.74) is 2.59. The second kappa shape index (κ2) is 8.49. The standard InChI is InChI=1S/C8H12F2N2OS.CH4O/c1-14-3-2-12-7(8(9)10)4-6(5-13)11-12;1-2/h4-6,8,11H,2-3H2,1H3;2H,1H3. The number of hydrazine groups is 1. The Morgan fingerprint density at radius 1 is 1.69 bits per heavy atom. The van der Waals surface area contributed by atoms with Gasteiger partial charge in [0, 0.05) is 19.4 Å². The van der Waals surface area contributed by atoms with Crippen molar-refractivity contribution in [3.63, 3.8) is 0 Å². The van der Waals surface area contributed by atoms with Crippen molar-refractivity contribution in [3.05, 3.63) is 11.8 Å². The maximum absolute atomic E-state index is 12.5. The third-order valence-electron chi connectivity index (χ3n) is 1.86. The molecule has 0 radical (unpaired) electrons. The molecule has 0 bridgehead atoms. The van der Waals surface area contributed by atoms with Gasteiger partial charge in [-0.2, -0.15) is 11.8 Å². The van der Waals surface area contributed by atoms with Gasteiger partial charge in [-0.1, -0.05) is 0 Å². The molecule has 0 aromatic heterocycles. The second-order valence-electron chi connectivity index (χ2n) is 2.83. The van der Waals surface area contributed by atoms with Gasteiger partial charge in [0.2, 0.25) is 0 Å². The van der Waals surface area contributed by atoms with Gasteiger partial charge in [0.15, 0.2) is 0 Å². The Bertz CT molecular complexity index is 240.